The van der Waals surface area contributed by atoms with Gasteiger partial charge in [0, 0.05) is 14.0 Å². The molecule has 0 bridgehead atoms. The summed E-state index contributed by atoms with van der Waals surface area (Å²) in [7, 11) is 1.52. The van der Waals surface area contributed by atoms with Gasteiger partial charge in [-0.25, -0.2) is 0 Å². The quantitative estimate of drug-likeness (QED) is 0.662. The second-order valence-corrected chi connectivity index (χ2v) is 2.25. The minimum absolute atomic E-state index is 0.00463. The van der Waals surface area contributed by atoms with Crippen LogP contribution in [0.2, 0.25) is 0 Å². The van der Waals surface area contributed by atoms with E-state index in [9.17, 15) is 9.59 Å². The Morgan fingerprint density at radius 2 is 1.57 bits per heavy atom. The highest BCUT2D eigenvalue weighted by Crippen LogP contribution is 1.79. The lowest BCUT2D eigenvalue weighted by atomic mass is 10.5. The van der Waals surface area contributed by atoms with Gasteiger partial charge in [0.25, 0.3) is 0 Å². The van der Waals surface area contributed by atoms with E-state index in [0.717, 1.165) is 6.54 Å². The molecule has 4 N–H and O–H groups in total. The summed E-state index contributed by atoms with van der Waals surface area (Å²) in [5.74, 6) is -0.651. The zero-order valence-electron chi connectivity index (χ0n) is 9.83. The van der Waals surface area contributed by atoms with E-state index >= 15 is 0 Å². The first-order chi connectivity index (χ1) is 6.45. The van der Waals surface area contributed by atoms with Crippen LogP contribution in [0.4, 0.5) is 0 Å². The van der Waals surface area contributed by atoms with Crippen LogP contribution in [0.5, 0.6) is 0 Å². The molecule has 0 saturated heterocycles. The summed E-state index contributed by atoms with van der Waals surface area (Å²) in [6.45, 7) is 8.03. The number of hydrogen-bond acceptors (Lipinski definition) is 3. The summed E-state index contributed by atoms with van der Waals surface area (Å²) in [6.07, 6.45) is 0. The summed E-state index contributed by atoms with van der Waals surface area (Å²) in [4.78, 5) is 21.8. The Morgan fingerprint density at radius 3 is 1.64 bits per heavy atom. The lowest BCUT2D eigenvalue weighted by Crippen LogP contribution is -2.33. The second kappa shape index (κ2) is 14.4. The number of carbonyl (C=O) groups excluding carboxylic acids is 2. The Labute approximate surface area is 86.4 Å². The van der Waals surface area contributed by atoms with Crippen LogP contribution in [0.15, 0.2) is 0 Å². The van der Waals surface area contributed by atoms with Crippen LogP contribution < -0.4 is 11.5 Å². The predicted molar refractivity (Wildman–Crippen MR) is 58.6 cm³/mol. The van der Waals surface area contributed by atoms with E-state index in [1.165, 1.54) is 18.9 Å². The molecule has 0 heterocycles. The Balaban J connectivity index is -0.000000205. The zero-order chi connectivity index (χ0) is 12.1. The van der Waals surface area contributed by atoms with Crippen molar-refractivity contribution in [2.24, 2.45) is 11.5 Å². The van der Waals surface area contributed by atoms with Gasteiger partial charge in [-0.1, -0.05) is 20.8 Å². The first kappa shape index (κ1) is 18.6. The van der Waals surface area contributed by atoms with Crippen LogP contribution in [0.25, 0.3) is 0 Å². The maximum absolute atomic E-state index is 10.4. The summed E-state index contributed by atoms with van der Waals surface area (Å²) in [5.41, 5.74) is 9.65. The van der Waals surface area contributed by atoms with Crippen molar-refractivity contribution < 1.29 is 9.59 Å². The van der Waals surface area contributed by atoms with Crippen molar-refractivity contribution in [1.82, 2.24) is 4.90 Å². The van der Waals surface area contributed by atoms with Crippen molar-refractivity contribution >= 4 is 11.8 Å². The molecular weight excluding hydrogens is 182 g/mol. The molecule has 0 unspecified atom stereocenters. The fraction of sp³-hybridized carbons (Fsp3) is 0.778. The summed E-state index contributed by atoms with van der Waals surface area (Å²) in [5, 5.41) is 0. The standard InChI is InChI=1S/C5H10N2O2.C2H7N.C2H6/c1-4(8)7(2)3-5(6)9;1-2-3;1-2/h3H2,1-2H3,(H2,6,9);2-3H2,1H3;1-2H3. The molecule has 5 nitrogen and oxygen atoms in total. The largest absolute Gasteiger partial charge is 0.368 e. The molecule has 86 valence electrons. The molecule has 0 atom stereocenters. The van der Waals surface area contributed by atoms with Crippen LogP contribution in [-0.2, 0) is 9.59 Å². The van der Waals surface area contributed by atoms with Crippen molar-refractivity contribution in [3.63, 3.8) is 0 Å². The molecule has 0 aliphatic rings. The van der Waals surface area contributed by atoms with Gasteiger partial charge in [-0.15, -0.1) is 0 Å². The Kier molecular flexibility index (Phi) is 19.2. The number of likely N-dealkylation sites (N-methyl/N-ethyl adjacent to an activating group) is 1. The SMILES string of the molecule is CC.CC(=O)N(C)CC(N)=O.CCN. The number of hydrogen-bond donors (Lipinski definition) is 2. The van der Waals surface area contributed by atoms with Gasteiger partial charge in [0.15, 0.2) is 0 Å². The summed E-state index contributed by atoms with van der Waals surface area (Å²) in [6, 6.07) is 0. The Bertz CT molecular complexity index is 149. The molecule has 0 aromatic carbocycles. The molecule has 2 amide bonds. The highest BCUT2D eigenvalue weighted by atomic mass is 16.2. The molecule has 14 heavy (non-hydrogen) atoms. The van der Waals surface area contributed by atoms with E-state index < -0.39 is 5.91 Å². The highest BCUT2D eigenvalue weighted by molar-refractivity contribution is 5.82. The number of rotatable bonds is 2. The summed E-state index contributed by atoms with van der Waals surface area (Å²) >= 11 is 0. The van der Waals surface area contributed by atoms with Gasteiger partial charge in [0.05, 0.1) is 6.54 Å². The van der Waals surface area contributed by atoms with Crippen LogP contribution in [-0.4, -0.2) is 36.9 Å². The topological polar surface area (TPSA) is 89.4 Å². The lowest BCUT2D eigenvalue weighted by Gasteiger charge is -2.10. The maximum atomic E-state index is 10.4. The Morgan fingerprint density at radius 1 is 1.29 bits per heavy atom. The average Bonchev–Trinajstić information content (AvgIpc) is 2.08. The van der Waals surface area contributed by atoms with Gasteiger partial charge >= 0.3 is 0 Å². The molecule has 0 aliphatic heterocycles. The molecule has 0 radical (unpaired) electrons. The van der Waals surface area contributed by atoms with E-state index in [1.54, 1.807) is 0 Å². The number of primary amides is 1. The number of nitrogens with two attached hydrogens (primary N) is 2. The first-order valence-electron chi connectivity index (χ1n) is 4.65. The zero-order valence-corrected chi connectivity index (χ0v) is 9.83. The van der Waals surface area contributed by atoms with E-state index in [1.807, 2.05) is 20.8 Å². The average molecular weight is 205 g/mol. The monoisotopic (exact) mass is 205 g/mol. The van der Waals surface area contributed by atoms with Crippen LogP contribution >= 0.6 is 0 Å². The number of carbonyl (C=O) groups is 2. The summed E-state index contributed by atoms with van der Waals surface area (Å²) < 4.78 is 0. The minimum Gasteiger partial charge on any atom is -0.368 e. The van der Waals surface area contributed by atoms with Crippen molar-refractivity contribution in [2.45, 2.75) is 27.7 Å². The van der Waals surface area contributed by atoms with E-state index in [2.05, 4.69) is 0 Å². The number of amides is 2. The third-order valence-corrected chi connectivity index (χ3v) is 0.931. The van der Waals surface area contributed by atoms with Gasteiger partial charge in [-0.2, -0.15) is 0 Å². The molecule has 0 aromatic rings. The molecular formula is C9H23N3O2. The van der Waals surface area contributed by atoms with Crippen LogP contribution in [0.1, 0.15) is 27.7 Å². The molecule has 0 fully saturated rings. The molecule has 0 rings (SSSR count). The minimum atomic E-state index is -0.493. The first-order valence-corrected chi connectivity index (χ1v) is 4.65. The van der Waals surface area contributed by atoms with Crippen LogP contribution in [0.3, 0.4) is 0 Å². The van der Waals surface area contributed by atoms with Gasteiger partial charge in [-0.05, 0) is 6.54 Å². The fourth-order valence-corrected chi connectivity index (χ4v) is 0.345. The molecule has 0 aromatic heterocycles. The Hall–Kier alpha value is -1.10. The van der Waals surface area contributed by atoms with Gasteiger partial charge in [0.1, 0.15) is 0 Å². The van der Waals surface area contributed by atoms with E-state index in [4.69, 9.17) is 11.5 Å². The van der Waals surface area contributed by atoms with Crippen molar-refractivity contribution in [2.75, 3.05) is 20.1 Å². The fourth-order valence-electron chi connectivity index (χ4n) is 0.345. The third-order valence-electron chi connectivity index (χ3n) is 0.931. The third kappa shape index (κ3) is 22.4. The van der Waals surface area contributed by atoms with Crippen LogP contribution in [0, 0.1) is 0 Å². The smallest absolute Gasteiger partial charge is 0.237 e. The molecule has 0 spiro atoms. The van der Waals surface area contributed by atoms with E-state index in [0.29, 0.717) is 0 Å². The number of nitrogens with zero attached hydrogens (tertiary/aromatic N) is 1. The van der Waals surface area contributed by atoms with E-state index in [-0.39, 0.29) is 12.5 Å². The molecule has 0 aliphatic carbocycles. The second-order valence-electron chi connectivity index (χ2n) is 2.25. The lowest BCUT2D eigenvalue weighted by molar-refractivity contribution is -0.131. The van der Waals surface area contributed by atoms with Crippen molar-refractivity contribution in [1.29, 1.82) is 0 Å². The predicted octanol–water partition coefficient (Wildman–Crippen LogP) is -0.0588. The molecule has 0 saturated carbocycles. The maximum Gasteiger partial charge on any atom is 0.237 e. The van der Waals surface area contributed by atoms with Crippen molar-refractivity contribution in [3.05, 3.63) is 0 Å². The van der Waals surface area contributed by atoms with Gasteiger partial charge < -0.3 is 16.4 Å². The normalized spacial score (nSPS) is 7.29. The highest BCUT2D eigenvalue weighted by Gasteiger charge is 2.03. The van der Waals surface area contributed by atoms with Gasteiger partial charge in [0.2, 0.25) is 11.8 Å². The van der Waals surface area contributed by atoms with Gasteiger partial charge in [-0.3, -0.25) is 9.59 Å². The molecule has 5 heteroatoms. The van der Waals surface area contributed by atoms with Crippen molar-refractivity contribution in [3.8, 4) is 0 Å².